The zero-order valence-corrected chi connectivity index (χ0v) is 23.5. The predicted molar refractivity (Wildman–Crippen MR) is 145 cm³/mol. The van der Waals surface area contributed by atoms with Crippen LogP contribution in [0.5, 0.6) is 0 Å². The van der Waals surface area contributed by atoms with Crippen LogP contribution >= 0.6 is 0 Å². The summed E-state index contributed by atoms with van der Waals surface area (Å²) < 4.78 is 28.9. The molecule has 198 valence electrons. The number of benzene rings is 2. The minimum Gasteiger partial charge on any atom is -0.352 e. The Bertz CT molecular complexity index is 1180. The number of hydrogen-bond acceptors (Lipinski definition) is 4. The van der Waals surface area contributed by atoms with Crippen LogP contribution in [0.4, 0.5) is 5.69 Å². The first-order valence-electron chi connectivity index (χ1n) is 12.2. The Morgan fingerprint density at radius 2 is 1.61 bits per heavy atom. The minimum absolute atomic E-state index is 0.0450. The average molecular weight is 517 g/mol. The van der Waals surface area contributed by atoms with E-state index in [9.17, 15) is 18.0 Å². The summed E-state index contributed by atoms with van der Waals surface area (Å²) in [6, 6.07) is 12.4. The van der Waals surface area contributed by atoms with Gasteiger partial charge in [-0.15, -0.1) is 0 Å². The Kier molecular flexibility index (Phi) is 10.1. The van der Waals surface area contributed by atoms with Crippen molar-refractivity contribution in [3.05, 3.63) is 64.7 Å². The number of carbonyl (C=O) groups excluding carboxylic acids is 2. The third-order valence-corrected chi connectivity index (χ3v) is 8.06. The molecule has 2 amide bonds. The Morgan fingerprint density at radius 1 is 0.972 bits per heavy atom. The van der Waals surface area contributed by atoms with Crippen LogP contribution in [0.15, 0.2) is 42.5 Å². The fraction of sp³-hybridized carbons (Fsp3) is 0.481. The van der Waals surface area contributed by atoms with Crippen LogP contribution in [0.2, 0.25) is 0 Å². The van der Waals surface area contributed by atoms with Crippen molar-refractivity contribution in [2.24, 2.45) is 0 Å². The molecule has 0 aliphatic carbocycles. The van der Waals surface area contributed by atoms with Crippen LogP contribution in [0.1, 0.15) is 49.4 Å². The molecular weight excluding hydrogens is 476 g/mol. The lowest BCUT2D eigenvalue weighted by molar-refractivity contribution is -0.139. The van der Waals surface area contributed by atoms with Crippen molar-refractivity contribution in [1.29, 1.82) is 0 Å². The summed E-state index contributed by atoms with van der Waals surface area (Å²) in [5.74, 6) is -0.742. The van der Waals surface area contributed by atoms with Crippen LogP contribution in [-0.4, -0.2) is 62.2 Å². The first-order valence-corrected chi connectivity index (χ1v) is 13.6. The van der Waals surface area contributed by atoms with Gasteiger partial charge in [-0.25, -0.2) is 4.31 Å². The van der Waals surface area contributed by atoms with Gasteiger partial charge >= 0.3 is 10.2 Å². The molecule has 0 saturated carbocycles. The molecule has 2 atom stereocenters. The van der Waals surface area contributed by atoms with Crippen molar-refractivity contribution in [2.45, 2.75) is 66.6 Å². The molecule has 2 aromatic rings. The van der Waals surface area contributed by atoms with Crippen molar-refractivity contribution in [3.63, 3.8) is 0 Å². The Balaban J connectivity index is 2.51. The van der Waals surface area contributed by atoms with Crippen molar-refractivity contribution < 1.29 is 18.0 Å². The highest BCUT2D eigenvalue weighted by Crippen LogP contribution is 2.26. The molecule has 0 spiro atoms. The summed E-state index contributed by atoms with van der Waals surface area (Å²) in [7, 11) is -1.12. The summed E-state index contributed by atoms with van der Waals surface area (Å²) >= 11 is 0. The standard InChI is InChI=1S/C27H40N4O4S/c1-9-22(5)28-27(33)23(6)30(17-24-12-10-11-19(2)15-24)26(32)18-31(36(34,35)29(7)8)25-16-20(3)13-14-21(25)4/h10-16,22-23H,9,17-18H2,1-8H3,(H,28,33). The zero-order chi connectivity index (χ0) is 27.2. The molecule has 0 saturated heterocycles. The van der Waals surface area contributed by atoms with E-state index in [4.69, 9.17) is 0 Å². The van der Waals surface area contributed by atoms with Gasteiger partial charge in [-0.1, -0.05) is 48.9 Å². The van der Waals surface area contributed by atoms with Crippen LogP contribution in [0.25, 0.3) is 0 Å². The monoisotopic (exact) mass is 516 g/mol. The predicted octanol–water partition coefficient (Wildman–Crippen LogP) is 3.56. The van der Waals surface area contributed by atoms with Crippen molar-refractivity contribution in [1.82, 2.24) is 14.5 Å². The number of anilines is 1. The number of hydrogen-bond donors (Lipinski definition) is 1. The minimum atomic E-state index is -3.99. The summed E-state index contributed by atoms with van der Waals surface area (Å²) in [4.78, 5) is 28.3. The maximum absolute atomic E-state index is 13.8. The lowest BCUT2D eigenvalue weighted by atomic mass is 10.1. The van der Waals surface area contributed by atoms with E-state index in [2.05, 4.69) is 5.32 Å². The van der Waals surface area contributed by atoms with Crippen molar-refractivity contribution >= 4 is 27.7 Å². The van der Waals surface area contributed by atoms with Gasteiger partial charge in [0.05, 0.1) is 5.69 Å². The van der Waals surface area contributed by atoms with Crippen LogP contribution in [-0.2, 0) is 26.3 Å². The van der Waals surface area contributed by atoms with Crippen molar-refractivity contribution in [3.8, 4) is 0 Å². The number of rotatable bonds is 11. The van der Waals surface area contributed by atoms with Crippen LogP contribution in [0.3, 0.4) is 0 Å². The molecule has 2 aromatic carbocycles. The molecule has 0 aliphatic heterocycles. The first kappa shape index (κ1) is 29.3. The molecule has 0 aliphatic rings. The quantitative estimate of drug-likeness (QED) is 0.495. The fourth-order valence-electron chi connectivity index (χ4n) is 3.75. The number of nitrogens with zero attached hydrogens (tertiary/aromatic N) is 3. The van der Waals surface area contributed by atoms with E-state index in [1.807, 2.05) is 71.0 Å². The number of nitrogens with one attached hydrogen (secondary N) is 1. The highest BCUT2D eigenvalue weighted by molar-refractivity contribution is 7.90. The van der Waals surface area contributed by atoms with Crippen LogP contribution in [0, 0.1) is 20.8 Å². The normalized spacial score (nSPS) is 13.2. The molecule has 0 radical (unpaired) electrons. The first-order chi connectivity index (χ1) is 16.8. The van der Waals surface area contributed by atoms with Gasteiger partial charge in [0.2, 0.25) is 11.8 Å². The maximum Gasteiger partial charge on any atom is 0.304 e. The average Bonchev–Trinajstić information content (AvgIpc) is 2.81. The Morgan fingerprint density at radius 3 is 2.19 bits per heavy atom. The highest BCUT2D eigenvalue weighted by atomic mass is 32.2. The third-order valence-electron chi connectivity index (χ3n) is 6.26. The molecule has 0 fully saturated rings. The molecule has 2 unspecified atom stereocenters. The molecule has 1 N–H and O–H groups in total. The highest BCUT2D eigenvalue weighted by Gasteiger charge is 2.33. The molecule has 8 nitrogen and oxygen atoms in total. The molecular formula is C27H40N4O4S. The fourth-order valence-corrected chi connectivity index (χ4v) is 4.86. The number of amides is 2. The van der Waals surface area contributed by atoms with E-state index in [0.29, 0.717) is 5.69 Å². The van der Waals surface area contributed by atoms with E-state index in [1.165, 1.54) is 19.0 Å². The van der Waals surface area contributed by atoms with E-state index in [-0.39, 0.29) is 18.5 Å². The Labute approximate surface area is 216 Å². The van der Waals surface area contributed by atoms with Gasteiger partial charge in [0.1, 0.15) is 12.6 Å². The molecule has 36 heavy (non-hydrogen) atoms. The van der Waals surface area contributed by atoms with Gasteiger partial charge < -0.3 is 10.2 Å². The largest absolute Gasteiger partial charge is 0.352 e. The summed E-state index contributed by atoms with van der Waals surface area (Å²) in [5.41, 5.74) is 3.93. The second kappa shape index (κ2) is 12.4. The number of aryl methyl sites for hydroxylation is 3. The summed E-state index contributed by atoms with van der Waals surface area (Å²) in [6.07, 6.45) is 0.756. The summed E-state index contributed by atoms with van der Waals surface area (Å²) in [6.45, 7) is 10.9. The molecule has 9 heteroatoms. The van der Waals surface area contributed by atoms with Gasteiger partial charge in [-0.2, -0.15) is 12.7 Å². The smallest absolute Gasteiger partial charge is 0.304 e. The van der Waals surface area contributed by atoms with E-state index in [1.54, 1.807) is 13.0 Å². The van der Waals surface area contributed by atoms with Gasteiger partial charge in [0.25, 0.3) is 0 Å². The second-order valence-electron chi connectivity index (χ2n) is 9.59. The molecule has 0 aromatic heterocycles. The SMILES string of the molecule is CCC(C)NC(=O)C(C)N(Cc1cccc(C)c1)C(=O)CN(c1cc(C)ccc1C)S(=O)(=O)N(C)C. The van der Waals surface area contributed by atoms with Crippen LogP contribution < -0.4 is 9.62 Å². The van der Waals surface area contributed by atoms with Gasteiger partial charge in [0.15, 0.2) is 0 Å². The topological polar surface area (TPSA) is 90.0 Å². The van der Waals surface area contributed by atoms with E-state index < -0.39 is 28.7 Å². The molecule has 0 bridgehead atoms. The number of carbonyl (C=O) groups is 2. The second-order valence-corrected chi connectivity index (χ2v) is 11.7. The van der Waals surface area contributed by atoms with Gasteiger partial charge in [-0.3, -0.25) is 9.59 Å². The zero-order valence-electron chi connectivity index (χ0n) is 22.7. The van der Waals surface area contributed by atoms with Gasteiger partial charge in [-0.05, 0) is 63.8 Å². The maximum atomic E-state index is 13.8. The summed E-state index contributed by atoms with van der Waals surface area (Å²) in [5, 5.41) is 2.94. The van der Waals surface area contributed by atoms with E-state index >= 15 is 0 Å². The molecule has 2 rings (SSSR count). The lowest BCUT2D eigenvalue weighted by Gasteiger charge is -2.33. The third kappa shape index (κ3) is 7.30. The van der Waals surface area contributed by atoms with Gasteiger partial charge in [0, 0.05) is 26.7 Å². The Hall–Kier alpha value is -2.91. The van der Waals surface area contributed by atoms with E-state index in [0.717, 1.165) is 37.3 Å². The van der Waals surface area contributed by atoms with Crippen molar-refractivity contribution in [2.75, 3.05) is 24.9 Å². The molecule has 0 heterocycles. The lowest BCUT2D eigenvalue weighted by Crippen LogP contribution is -2.53.